The SMILES string of the molecule is C=CC(=O)Nc1cc(Nc2ncnc(N(C)c3ccc4c(cnn4Cc4ccccc4)c3)n2)ccc1OCCCN1CCN(C)CC1. The minimum absolute atomic E-state index is 0.323. The molecule has 1 amide bonds. The largest absolute Gasteiger partial charge is 0.491 e. The Morgan fingerprint density at radius 1 is 1.04 bits per heavy atom. The maximum Gasteiger partial charge on any atom is 0.247 e. The Morgan fingerprint density at radius 2 is 1.87 bits per heavy atom. The van der Waals surface area contributed by atoms with Gasteiger partial charge in [0.2, 0.25) is 17.8 Å². The topological polar surface area (TPSA) is 117 Å². The molecule has 0 spiro atoms. The van der Waals surface area contributed by atoms with Crippen LogP contribution in [0.25, 0.3) is 10.9 Å². The van der Waals surface area contributed by atoms with Crippen LogP contribution in [-0.4, -0.2) is 93.9 Å². The van der Waals surface area contributed by atoms with Crippen LogP contribution in [0.2, 0.25) is 0 Å². The first-order valence-electron chi connectivity index (χ1n) is 15.8. The molecule has 2 N–H and O–H groups in total. The molecule has 0 bridgehead atoms. The van der Waals surface area contributed by atoms with Crippen LogP contribution in [0.4, 0.5) is 29.0 Å². The van der Waals surface area contributed by atoms with Crippen molar-refractivity contribution < 1.29 is 9.53 Å². The number of carbonyl (C=O) groups excluding carboxylic acids is 1. The molecule has 0 unspecified atom stereocenters. The van der Waals surface area contributed by atoms with Crippen LogP contribution in [0, 0.1) is 0 Å². The molecule has 12 heteroatoms. The molecular formula is C35H40N10O2. The summed E-state index contributed by atoms with van der Waals surface area (Å²) >= 11 is 0. The lowest BCUT2D eigenvalue weighted by Gasteiger charge is -2.32. The third kappa shape index (κ3) is 8.10. The molecule has 0 aliphatic carbocycles. The zero-order chi connectivity index (χ0) is 32.6. The molecule has 1 aliphatic heterocycles. The third-order valence-electron chi connectivity index (χ3n) is 8.20. The van der Waals surface area contributed by atoms with Crippen LogP contribution >= 0.6 is 0 Å². The number of fused-ring (bicyclic) bond motifs is 1. The minimum atomic E-state index is -0.323. The Hall–Kier alpha value is -5.33. The molecule has 3 aromatic carbocycles. The maximum atomic E-state index is 12.2. The van der Waals surface area contributed by atoms with Crippen molar-refractivity contribution in [3.63, 3.8) is 0 Å². The first kappa shape index (κ1) is 31.6. The van der Waals surface area contributed by atoms with Gasteiger partial charge in [0.15, 0.2) is 0 Å². The van der Waals surface area contributed by atoms with Gasteiger partial charge in [0.1, 0.15) is 12.1 Å². The summed E-state index contributed by atoms with van der Waals surface area (Å²) < 4.78 is 8.09. The van der Waals surface area contributed by atoms with Crippen LogP contribution in [-0.2, 0) is 11.3 Å². The van der Waals surface area contributed by atoms with Crippen LogP contribution in [0.3, 0.4) is 0 Å². The fourth-order valence-electron chi connectivity index (χ4n) is 5.48. The number of benzene rings is 3. The normalized spacial score (nSPS) is 13.7. The van der Waals surface area contributed by atoms with Crippen molar-refractivity contribution in [1.82, 2.24) is 34.5 Å². The number of aromatic nitrogens is 5. The van der Waals surface area contributed by atoms with Gasteiger partial charge < -0.3 is 30.1 Å². The lowest BCUT2D eigenvalue weighted by molar-refractivity contribution is -0.111. The number of nitrogens with zero attached hydrogens (tertiary/aromatic N) is 8. The van der Waals surface area contributed by atoms with Gasteiger partial charge in [0.05, 0.1) is 30.6 Å². The monoisotopic (exact) mass is 632 g/mol. The summed E-state index contributed by atoms with van der Waals surface area (Å²) in [5.41, 5.74) is 4.37. The Balaban J connectivity index is 1.12. The number of nitrogens with one attached hydrogen (secondary N) is 2. The average Bonchev–Trinajstić information content (AvgIpc) is 3.50. The molecule has 2 aromatic heterocycles. The van der Waals surface area contributed by atoms with Gasteiger partial charge in [0, 0.05) is 56.5 Å². The highest BCUT2D eigenvalue weighted by atomic mass is 16.5. The van der Waals surface area contributed by atoms with Crippen LogP contribution in [0.1, 0.15) is 12.0 Å². The predicted molar refractivity (Wildman–Crippen MR) is 186 cm³/mol. The fourth-order valence-corrected chi connectivity index (χ4v) is 5.48. The van der Waals surface area contributed by atoms with Crippen molar-refractivity contribution in [3.05, 3.63) is 97.5 Å². The molecule has 0 atom stereocenters. The molecule has 5 aromatic rings. The number of ether oxygens (including phenoxy) is 1. The first-order valence-corrected chi connectivity index (χ1v) is 15.8. The predicted octanol–water partition coefficient (Wildman–Crippen LogP) is 4.92. The molecular weight excluding hydrogens is 592 g/mol. The maximum absolute atomic E-state index is 12.2. The minimum Gasteiger partial charge on any atom is -0.491 e. The molecule has 12 nitrogen and oxygen atoms in total. The van der Waals surface area contributed by atoms with Crippen LogP contribution in [0.5, 0.6) is 5.75 Å². The van der Waals surface area contributed by atoms with E-state index in [1.165, 1.54) is 18.0 Å². The zero-order valence-corrected chi connectivity index (χ0v) is 26.8. The van der Waals surface area contributed by atoms with Gasteiger partial charge in [-0.1, -0.05) is 36.9 Å². The van der Waals surface area contributed by atoms with Gasteiger partial charge in [0.25, 0.3) is 0 Å². The second-order valence-corrected chi connectivity index (χ2v) is 11.6. The summed E-state index contributed by atoms with van der Waals surface area (Å²) in [7, 11) is 4.06. The van der Waals surface area contributed by atoms with E-state index in [2.05, 4.69) is 78.4 Å². The average molecular weight is 633 g/mol. The lowest BCUT2D eigenvalue weighted by atomic mass is 10.2. The van der Waals surface area contributed by atoms with Crippen molar-refractivity contribution in [2.75, 3.05) is 69.0 Å². The summed E-state index contributed by atoms with van der Waals surface area (Å²) in [5.74, 6) is 1.10. The Morgan fingerprint density at radius 3 is 2.68 bits per heavy atom. The number of hydrogen-bond donors (Lipinski definition) is 2. The van der Waals surface area contributed by atoms with E-state index in [0.29, 0.717) is 42.2 Å². The number of likely N-dealkylation sites (N-methyl/N-ethyl adjacent to an activating group) is 1. The standard InChI is InChI=1S/C35H40N10O2/c1-4-33(46)40-30-22-28(11-14-32(30)47-20-8-15-44-18-16-42(2)17-19-44)39-34-36-25-37-35(41-34)43(3)29-12-13-31-27(21-29)23-38-45(31)24-26-9-6-5-7-10-26/h4-7,9-14,21-23,25H,1,8,15-20,24H2,2-3H3,(H,40,46)(H,36,37,39,41). The molecule has 0 radical (unpaired) electrons. The van der Waals surface area contributed by atoms with E-state index in [1.807, 2.05) is 59.2 Å². The Bertz CT molecular complexity index is 1820. The summed E-state index contributed by atoms with van der Waals surface area (Å²) in [6.07, 6.45) is 5.47. The highest BCUT2D eigenvalue weighted by Gasteiger charge is 2.15. The molecule has 3 heterocycles. The summed E-state index contributed by atoms with van der Waals surface area (Å²) in [6, 6.07) is 21.9. The van der Waals surface area contributed by atoms with E-state index in [1.54, 1.807) is 6.07 Å². The highest BCUT2D eigenvalue weighted by molar-refractivity contribution is 6.00. The summed E-state index contributed by atoms with van der Waals surface area (Å²) in [6.45, 7) is 10.1. The molecule has 6 rings (SSSR count). The highest BCUT2D eigenvalue weighted by Crippen LogP contribution is 2.30. The lowest BCUT2D eigenvalue weighted by Crippen LogP contribution is -2.44. The third-order valence-corrected chi connectivity index (χ3v) is 8.20. The van der Waals surface area contributed by atoms with Crippen molar-refractivity contribution >= 4 is 45.8 Å². The van der Waals surface area contributed by atoms with Gasteiger partial charge in [-0.3, -0.25) is 9.48 Å². The van der Waals surface area contributed by atoms with Crippen molar-refractivity contribution in [2.45, 2.75) is 13.0 Å². The van der Waals surface area contributed by atoms with E-state index in [9.17, 15) is 4.79 Å². The fraction of sp³-hybridized carbons (Fsp3) is 0.286. The van der Waals surface area contributed by atoms with Gasteiger partial charge in [-0.25, -0.2) is 9.97 Å². The smallest absolute Gasteiger partial charge is 0.247 e. The molecule has 1 saturated heterocycles. The van der Waals surface area contributed by atoms with E-state index in [0.717, 1.165) is 55.7 Å². The number of carbonyl (C=O) groups is 1. The number of amides is 1. The molecule has 1 fully saturated rings. The van der Waals surface area contributed by atoms with Gasteiger partial charge >= 0.3 is 0 Å². The van der Waals surface area contributed by atoms with Gasteiger partial charge in [-0.15, -0.1) is 0 Å². The van der Waals surface area contributed by atoms with Crippen LogP contribution in [0.15, 0.2) is 91.9 Å². The Labute approximate surface area is 274 Å². The quantitative estimate of drug-likeness (QED) is 0.137. The number of hydrogen-bond acceptors (Lipinski definition) is 10. The van der Waals surface area contributed by atoms with E-state index in [4.69, 9.17) is 4.74 Å². The number of anilines is 5. The van der Waals surface area contributed by atoms with Crippen molar-refractivity contribution in [3.8, 4) is 5.75 Å². The number of piperazine rings is 1. The van der Waals surface area contributed by atoms with E-state index >= 15 is 0 Å². The zero-order valence-electron chi connectivity index (χ0n) is 26.8. The summed E-state index contributed by atoms with van der Waals surface area (Å²) in [4.78, 5) is 32.3. The molecule has 47 heavy (non-hydrogen) atoms. The van der Waals surface area contributed by atoms with Gasteiger partial charge in [-0.05, 0) is 61.5 Å². The van der Waals surface area contributed by atoms with E-state index < -0.39 is 0 Å². The van der Waals surface area contributed by atoms with Crippen LogP contribution < -0.4 is 20.3 Å². The van der Waals surface area contributed by atoms with Crippen molar-refractivity contribution in [2.24, 2.45) is 0 Å². The molecule has 242 valence electrons. The van der Waals surface area contributed by atoms with Gasteiger partial charge in [-0.2, -0.15) is 10.1 Å². The second kappa shape index (κ2) is 14.8. The molecule has 1 aliphatic rings. The van der Waals surface area contributed by atoms with Crippen molar-refractivity contribution in [1.29, 1.82) is 0 Å². The summed E-state index contributed by atoms with van der Waals surface area (Å²) in [5, 5.41) is 11.7. The Kier molecular flexibility index (Phi) is 9.99. The molecule has 0 saturated carbocycles. The first-order chi connectivity index (χ1) is 22.9. The number of rotatable bonds is 13. The van der Waals surface area contributed by atoms with E-state index in [-0.39, 0.29) is 5.91 Å². The second-order valence-electron chi connectivity index (χ2n) is 11.6.